The summed E-state index contributed by atoms with van der Waals surface area (Å²) in [5, 5.41) is 17.2. The first-order valence-corrected chi connectivity index (χ1v) is 11.6. The molecule has 33 heavy (non-hydrogen) atoms. The van der Waals surface area contributed by atoms with Gasteiger partial charge >= 0.3 is 0 Å². The van der Waals surface area contributed by atoms with Crippen LogP contribution in [-0.4, -0.2) is 59.4 Å². The second-order valence-electron chi connectivity index (χ2n) is 8.80. The van der Waals surface area contributed by atoms with E-state index in [0.29, 0.717) is 24.9 Å². The second-order valence-corrected chi connectivity index (χ2v) is 8.80. The third kappa shape index (κ3) is 5.60. The molecule has 2 aliphatic rings. The lowest BCUT2D eigenvalue weighted by Gasteiger charge is -2.29. The number of rotatable bonds is 6. The molecule has 174 valence electrons. The average molecular weight is 450 g/mol. The second kappa shape index (κ2) is 10.6. The molecule has 2 aromatic rings. The van der Waals surface area contributed by atoms with E-state index < -0.39 is 6.10 Å². The van der Waals surface area contributed by atoms with Gasteiger partial charge in [0, 0.05) is 24.4 Å². The van der Waals surface area contributed by atoms with Crippen molar-refractivity contribution in [1.29, 1.82) is 0 Å². The number of carbonyl (C=O) groups is 2. The molecule has 0 spiro atoms. The maximum atomic E-state index is 13.3. The number of likely N-dealkylation sites (tertiary alicyclic amines) is 1. The van der Waals surface area contributed by atoms with E-state index in [9.17, 15) is 14.7 Å². The molecule has 0 radical (unpaired) electrons. The summed E-state index contributed by atoms with van der Waals surface area (Å²) in [6.45, 7) is 0.330. The number of oxime groups is 1. The van der Waals surface area contributed by atoms with Gasteiger partial charge in [-0.05, 0) is 36.1 Å². The molecule has 1 heterocycles. The molecule has 4 rings (SSSR count). The van der Waals surface area contributed by atoms with E-state index >= 15 is 0 Å². The fourth-order valence-electron chi connectivity index (χ4n) is 4.75. The average Bonchev–Trinajstić information content (AvgIpc) is 3.23. The van der Waals surface area contributed by atoms with Gasteiger partial charge in [0.15, 0.2) is 0 Å². The summed E-state index contributed by atoms with van der Waals surface area (Å²) in [6, 6.07) is 17.0. The Balaban J connectivity index is 1.46. The number of amides is 2. The molecule has 7 heteroatoms. The summed E-state index contributed by atoms with van der Waals surface area (Å²) >= 11 is 0. The molecule has 2 N–H and O–H groups in total. The van der Waals surface area contributed by atoms with Gasteiger partial charge in [0.2, 0.25) is 5.91 Å². The molecule has 0 aromatic heterocycles. The molecule has 0 unspecified atom stereocenters. The highest BCUT2D eigenvalue weighted by atomic mass is 16.6. The lowest BCUT2D eigenvalue weighted by molar-refractivity contribution is -0.123. The zero-order valence-electron chi connectivity index (χ0n) is 18.9. The van der Waals surface area contributed by atoms with Crippen molar-refractivity contribution in [3.63, 3.8) is 0 Å². The first-order chi connectivity index (χ1) is 16.0. The van der Waals surface area contributed by atoms with Crippen molar-refractivity contribution in [2.75, 3.05) is 13.7 Å². The zero-order chi connectivity index (χ0) is 23.2. The Morgan fingerprint density at radius 2 is 1.76 bits per heavy atom. The molecule has 1 saturated heterocycles. The van der Waals surface area contributed by atoms with Crippen LogP contribution < -0.4 is 5.32 Å². The van der Waals surface area contributed by atoms with Crippen molar-refractivity contribution in [2.24, 2.45) is 5.16 Å². The maximum Gasteiger partial charge on any atom is 0.254 e. The number of hydrogen-bond donors (Lipinski definition) is 2. The molecule has 7 nitrogen and oxygen atoms in total. The van der Waals surface area contributed by atoms with Crippen LogP contribution in [0.25, 0.3) is 11.1 Å². The number of hydrogen-bond acceptors (Lipinski definition) is 5. The summed E-state index contributed by atoms with van der Waals surface area (Å²) in [4.78, 5) is 32.7. The summed E-state index contributed by atoms with van der Waals surface area (Å²) in [6.07, 6.45) is 3.63. The van der Waals surface area contributed by atoms with E-state index in [2.05, 4.69) is 10.5 Å². The Labute approximate surface area is 194 Å². The Morgan fingerprint density at radius 1 is 1.06 bits per heavy atom. The molecule has 1 aliphatic carbocycles. The molecule has 2 aromatic carbocycles. The Hall–Kier alpha value is -3.19. The fraction of sp³-hybridized carbons (Fsp3) is 0.423. The highest BCUT2D eigenvalue weighted by Gasteiger charge is 2.36. The summed E-state index contributed by atoms with van der Waals surface area (Å²) in [5.74, 6) is -0.284. The number of carbonyl (C=O) groups excluding carboxylic acids is 2. The quantitative estimate of drug-likeness (QED) is 0.662. The molecule has 1 saturated carbocycles. The SMILES string of the molecule is CON=C1C[C@@H](CC(=O)N[C@H]2CCCC[C@@H]2O)N(C(=O)c2ccc(-c3ccccc3)cc2)C1. The van der Waals surface area contributed by atoms with Crippen LogP contribution in [0, 0.1) is 0 Å². The van der Waals surface area contributed by atoms with Gasteiger partial charge in [0.05, 0.1) is 24.4 Å². The van der Waals surface area contributed by atoms with E-state index in [1.165, 1.54) is 7.11 Å². The highest BCUT2D eigenvalue weighted by Crippen LogP contribution is 2.25. The Kier molecular flexibility index (Phi) is 7.40. The number of aliphatic hydroxyl groups is 1. The van der Waals surface area contributed by atoms with Gasteiger partial charge in [-0.15, -0.1) is 0 Å². The normalized spacial score (nSPS) is 24.0. The third-order valence-corrected chi connectivity index (χ3v) is 6.48. The predicted molar refractivity (Wildman–Crippen MR) is 127 cm³/mol. The summed E-state index contributed by atoms with van der Waals surface area (Å²) < 4.78 is 0. The number of benzene rings is 2. The molecule has 2 amide bonds. The minimum atomic E-state index is -0.502. The monoisotopic (exact) mass is 449 g/mol. The van der Waals surface area contributed by atoms with Crippen molar-refractivity contribution >= 4 is 17.5 Å². The van der Waals surface area contributed by atoms with Gasteiger partial charge in [-0.1, -0.05) is 60.5 Å². The van der Waals surface area contributed by atoms with E-state index in [4.69, 9.17) is 4.84 Å². The maximum absolute atomic E-state index is 13.3. The van der Waals surface area contributed by atoms with Gasteiger partial charge in [0.25, 0.3) is 5.91 Å². The summed E-state index contributed by atoms with van der Waals surface area (Å²) in [5.41, 5.74) is 3.44. The lowest BCUT2D eigenvalue weighted by atomic mass is 9.92. The molecule has 3 atom stereocenters. The summed E-state index contributed by atoms with van der Waals surface area (Å²) in [7, 11) is 1.48. The predicted octanol–water partition coefficient (Wildman–Crippen LogP) is 3.38. The van der Waals surface area contributed by atoms with Gasteiger partial charge in [-0.3, -0.25) is 9.59 Å². The minimum absolute atomic E-state index is 0.133. The van der Waals surface area contributed by atoms with Crippen LogP contribution in [-0.2, 0) is 9.63 Å². The van der Waals surface area contributed by atoms with Crippen molar-refractivity contribution in [2.45, 2.75) is 56.7 Å². The van der Waals surface area contributed by atoms with E-state index in [0.717, 1.165) is 36.1 Å². The van der Waals surface area contributed by atoms with Gasteiger partial charge in [0.1, 0.15) is 7.11 Å². The van der Waals surface area contributed by atoms with Gasteiger partial charge in [-0.2, -0.15) is 0 Å². The van der Waals surface area contributed by atoms with Crippen molar-refractivity contribution in [3.8, 4) is 11.1 Å². The molecule has 0 bridgehead atoms. The van der Waals surface area contributed by atoms with Crippen LogP contribution >= 0.6 is 0 Å². The van der Waals surface area contributed by atoms with Crippen LogP contribution in [0.4, 0.5) is 0 Å². The molecular weight excluding hydrogens is 418 g/mol. The van der Waals surface area contributed by atoms with Crippen molar-refractivity contribution in [3.05, 3.63) is 60.2 Å². The smallest absolute Gasteiger partial charge is 0.254 e. The van der Waals surface area contributed by atoms with E-state index in [1.54, 1.807) is 4.90 Å². The molecular formula is C26H31N3O4. The van der Waals surface area contributed by atoms with Crippen molar-refractivity contribution < 1.29 is 19.5 Å². The van der Waals surface area contributed by atoms with Crippen LogP contribution in [0.5, 0.6) is 0 Å². The van der Waals surface area contributed by atoms with E-state index in [1.807, 2.05) is 54.6 Å². The Morgan fingerprint density at radius 3 is 2.45 bits per heavy atom. The van der Waals surface area contributed by atoms with Crippen LogP contribution in [0.3, 0.4) is 0 Å². The minimum Gasteiger partial charge on any atom is -0.399 e. The first kappa shape index (κ1) is 23.0. The van der Waals surface area contributed by atoms with Crippen LogP contribution in [0.1, 0.15) is 48.9 Å². The number of nitrogens with zero attached hydrogens (tertiary/aromatic N) is 2. The highest BCUT2D eigenvalue weighted by molar-refractivity contribution is 6.01. The van der Waals surface area contributed by atoms with Gasteiger partial charge in [-0.25, -0.2) is 0 Å². The zero-order valence-corrected chi connectivity index (χ0v) is 18.9. The van der Waals surface area contributed by atoms with Gasteiger partial charge < -0.3 is 20.2 Å². The third-order valence-electron chi connectivity index (χ3n) is 6.48. The van der Waals surface area contributed by atoms with Crippen LogP contribution in [0.15, 0.2) is 59.8 Å². The van der Waals surface area contributed by atoms with Crippen LogP contribution in [0.2, 0.25) is 0 Å². The number of nitrogens with one attached hydrogen (secondary N) is 1. The van der Waals surface area contributed by atoms with E-state index in [-0.39, 0.29) is 30.3 Å². The van der Waals surface area contributed by atoms with Crippen molar-refractivity contribution in [1.82, 2.24) is 10.2 Å². The number of aliphatic hydroxyl groups excluding tert-OH is 1. The Bertz CT molecular complexity index is 990. The largest absolute Gasteiger partial charge is 0.399 e. The standard InChI is InChI=1S/C26H31N3O4/c1-33-28-21-15-22(16-25(31)27-23-9-5-6-10-24(23)30)29(17-21)26(32)20-13-11-19(12-14-20)18-7-3-2-4-8-18/h2-4,7-8,11-14,22-24,30H,5-6,9-10,15-17H2,1H3,(H,27,31)/t22-,23-,24-/m0/s1. The fourth-order valence-corrected chi connectivity index (χ4v) is 4.75. The first-order valence-electron chi connectivity index (χ1n) is 11.6. The lowest BCUT2D eigenvalue weighted by Crippen LogP contribution is -2.47. The molecule has 2 fully saturated rings. The molecule has 1 aliphatic heterocycles. The topological polar surface area (TPSA) is 91.2 Å².